The molecule has 0 N–H and O–H groups in total. The van der Waals surface area contributed by atoms with Crippen molar-refractivity contribution in [3.63, 3.8) is 0 Å². The molecule has 3 nitrogen and oxygen atoms in total. The van der Waals surface area contributed by atoms with Crippen LogP contribution in [0.5, 0.6) is 0 Å². The van der Waals surface area contributed by atoms with Crippen LogP contribution in [0.1, 0.15) is 0 Å². The van der Waals surface area contributed by atoms with Crippen molar-refractivity contribution in [2.75, 3.05) is 0 Å². The molecule has 0 atom stereocenters. The van der Waals surface area contributed by atoms with E-state index in [1.165, 1.54) is 6.20 Å². The smallest absolute Gasteiger partial charge is 0.345 e. The lowest BCUT2D eigenvalue weighted by molar-refractivity contribution is 0.569. The first-order valence-electron chi connectivity index (χ1n) is 4.72. The fraction of sp³-hybridized carbons (Fsp3) is 0. The van der Waals surface area contributed by atoms with E-state index in [9.17, 15) is 4.79 Å². The summed E-state index contributed by atoms with van der Waals surface area (Å²) in [6.45, 7) is 0. The molecule has 1 aromatic carbocycles. The molecule has 3 aromatic rings. The minimum absolute atomic E-state index is 0.391. The monoisotopic (exact) mass is 231 g/mol. The molecule has 0 amide bonds. The van der Waals surface area contributed by atoms with Crippen molar-refractivity contribution in [2.45, 2.75) is 0 Å². The summed E-state index contributed by atoms with van der Waals surface area (Å²) in [5.41, 5.74) is 0.106. The Hall–Kier alpha value is -1.87. The number of benzene rings is 1. The molecule has 16 heavy (non-hydrogen) atoms. The average molecular weight is 232 g/mol. The van der Waals surface area contributed by atoms with Gasteiger partial charge in [-0.1, -0.05) is 11.6 Å². The molecule has 4 heteroatoms. The molecule has 0 radical (unpaired) electrons. The van der Waals surface area contributed by atoms with Crippen molar-refractivity contribution in [1.82, 2.24) is 4.98 Å². The van der Waals surface area contributed by atoms with Crippen LogP contribution in [0.15, 0.2) is 45.9 Å². The predicted octanol–water partition coefficient (Wildman–Crippen LogP) is 2.99. The minimum atomic E-state index is -0.391. The first-order chi connectivity index (χ1) is 7.75. The highest BCUT2D eigenvalue weighted by Gasteiger charge is 2.06. The lowest BCUT2D eigenvalue weighted by atomic mass is 10.1. The van der Waals surface area contributed by atoms with E-state index >= 15 is 0 Å². The molecular weight excluding hydrogens is 226 g/mol. The van der Waals surface area contributed by atoms with Gasteiger partial charge < -0.3 is 4.42 Å². The quantitative estimate of drug-likeness (QED) is 0.441. The van der Waals surface area contributed by atoms with Gasteiger partial charge in [0.1, 0.15) is 5.58 Å². The lowest BCUT2D eigenvalue weighted by Crippen LogP contribution is -1.99. The van der Waals surface area contributed by atoms with Crippen LogP contribution in [-0.4, -0.2) is 4.98 Å². The van der Waals surface area contributed by atoms with Crippen molar-refractivity contribution in [3.05, 3.63) is 52.1 Å². The molecule has 0 saturated carbocycles. The summed E-state index contributed by atoms with van der Waals surface area (Å²) in [6, 6.07) is 7.04. The topological polar surface area (TPSA) is 43.1 Å². The van der Waals surface area contributed by atoms with Crippen LogP contribution in [0, 0.1) is 0 Å². The maximum atomic E-state index is 11.7. The Kier molecular flexibility index (Phi) is 1.94. The Bertz CT molecular complexity index is 749. The van der Waals surface area contributed by atoms with Gasteiger partial charge >= 0.3 is 5.63 Å². The second-order valence-corrected chi connectivity index (χ2v) is 3.89. The third-order valence-corrected chi connectivity index (χ3v) is 2.71. The number of rotatable bonds is 0. The molecule has 0 aliphatic carbocycles. The van der Waals surface area contributed by atoms with Gasteiger partial charge in [-0.3, -0.25) is 4.98 Å². The molecular formula is C12H6ClNO2. The molecule has 0 unspecified atom stereocenters. The third-order valence-electron chi connectivity index (χ3n) is 2.48. The Morgan fingerprint density at radius 3 is 2.88 bits per heavy atom. The van der Waals surface area contributed by atoms with E-state index in [4.69, 9.17) is 16.0 Å². The number of nitrogens with zero attached hydrogens (tertiary/aromatic N) is 1. The average Bonchev–Trinajstić information content (AvgIpc) is 2.29. The van der Waals surface area contributed by atoms with E-state index in [0.717, 1.165) is 10.8 Å². The van der Waals surface area contributed by atoms with Crippen molar-refractivity contribution in [1.29, 1.82) is 0 Å². The van der Waals surface area contributed by atoms with Crippen molar-refractivity contribution in [3.8, 4) is 0 Å². The summed E-state index contributed by atoms with van der Waals surface area (Å²) in [7, 11) is 0. The molecule has 2 heterocycles. The fourth-order valence-electron chi connectivity index (χ4n) is 1.75. The number of fused-ring (bicyclic) bond motifs is 3. The SMILES string of the molecule is O=c1oc2cc(Cl)ccc2c2ccncc12. The van der Waals surface area contributed by atoms with Gasteiger partial charge in [0.2, 0.25) is 0 Å². The van der Waals surface area contributed by atoms with Gasteiger partial charge in [-0.2, -0.15) is 0 Å². The zero-order valence-corrected chi connectivity index (χ0v) is 8.86. The number of halogens is 1. The number of aromatic nitrogens is 1. The van der Waals surface area contributed by atoms with Crippen LogP contribution in [0.4, 0.5) is 0 Å². The van der Waals surface area contributed by atoms with Crippen molar-refractivity contribution >= 4 is 33.3 Å². The molecule has 0 aliphatic heterocycles. The Balaban J connectivity index is 2.64. The largest absolute Gasteiger partial charge is 0.422 e. The van der Waals surface area contributed by atoms with E-state index in [-0.39, 0.29) is 0 Å². The Morgan fingerprint density at radius 1 is 1.12 bits per heavy atom. The van der Waals surface area contributed by atoms with Gasteiger partial charge in [0.05, 0.1) is 5.39 Å². The minimum Gasteiger partial charge on any atom is -0.422 e. The zero-order chi connectivity index (χ0) is 11.1. The lowest BCUT2D eigenvalue weighted by Gasteiger charge is -2.01. The van der Waals surface area contributed by atoms with E-state index in [2.05, 4.69) is 4.98 Å². The highest BCUT2D eigenvalue weighted by Crippen LogP contribution is 2.24. The van der Waals surface area contributed by atoms with Crippen molar-refractivity contribution in [2.24, 2.45) is 0 Å². The summed E-state index contributed by atoms with van der Waals surface area (Å²) in [6.07, 6.45) is 3.16. The molecule has 3 rings (SSSR count). The summed E-state index contributed by atoms with van der Waals surface area (Å²) in [5.74, 6) is 0. The highest BCUT2D eigenvalue weighted by molar-refractivity contribution is 6.31. The highest BCUT2D eigenvalue weighted by atomic mass is 35.5. The number of hydrogen-bond acceptors (Lipinski definition) is 3. The van der Waals surface area contributed by atoms with Crippen molar-refractivity contribution < 1.29 is 4.42 Å². The van der Waals surface area contributed by atoms with Crippen LogP contribution in [0.2, 0.25) is 5.02 Å². The summed E-state index contributed by atoms with van der Waals surface area (Å²) in [5, 5.41) is 2.72. The Morgan fingerprint density at radius 2 is 2.00 bits per heavy atom. The van der Waals surface area contributed by atoms with E-state index < -0.39 is 5.63 Å². The third kappa shape index (κ3) is 1.29. The van der Waals surface area contributed by atoms with Gasteiger partial charge in [-0.05, 0) is 18.2 Å². The Labute approximate surface area is 95.3 Å². The van der Waals surface area contributed by atoms with E-state index in [0.29, 0.717) is 16.0 Å². The van der Waals surface area contributed by atoms with Crippen LogP contribution in [0.25, 0.3) is 21.7 Å². The second kappa shape index (κ2) is 3.32. The normalized spacial score (nSPS) is 11.1. The predicted molar refractivity (Wildman–Crippen MR) is 62.8 cm³/mol. The molecule has 0 bridgehead atoms. The van der Waals surface area contributed by atoms with Crippen LogP contribution >= 0.6 is 11.6 Å². The van der Waals surface area contributed by atoms with Crippen LogP contribution < -0.4 is 5.63 Å². The van der Waals surface area contributed by atoms with Gasteiger partial charge in [-0.25, -0.2) is 4.79 Å². The molecule has 0 fully saturated rings. The first kappa shape index (κ1) is 9.36. The standard InChI is InChI=1S/C12H6ClNO2/c13-7-1-2-9-8-3-4-14-6-10(8)12(15)16-11(9)5-7/h1-6H. The summed E-state index contributed by atoms with van der Waals surface area (Å²) >= 11 is 5.85. The van der Waals surface area contributed by atoms with Gasteiger partial charge in [0.25, 0.3) is 0 Å². The van der Waals surface area contributed by atoms with Gasteiger partial charge in [0.15, 0.2) is 0 Å². The molecule has 0 saturated heterocycles. The van der Waals surface area contributed by atoms with E-state index in [1.54, 1.807) is 24.4 Å². The maximum Gasteiger partial charge on any atom is 0.345 e. The van der Waals surface area contributed by atoms with E-state index in [1.807, 2.05) is 6.07 Å². The van der Waals surface area contributed by atoms with Gasteiger partial charge in [0, 0.05) is 34.3 Å². The summed E-state index contributed by atoms with van der Waals surface area (Å²) in [4.78, 5) is 15.6. The number of pyridine rings is 1. The van der Waals surface area contributed by atoms with Gasteiger partial charge in [-0.15, -0.1) is 0 Å². The fourth-order valence-corrected chi connectivity index (χ4v) is 1.91. The maximum absolute atomic E-state index is 11.7. The zero-order valence-electron chi connectivity index (χ0n) is 8.11. The molecule has 0 spiro atoms. The second-order valence-electron chi connectivity index (χ2n) is 3.45. The van der Waals surface area contributed by atoms with Crippen LogP contribution in [-0.2, 0) is 0 Å². The number of hydrogen-bond donors (Lipinski definition) is 0. The molecule has 2 aromatic heterocycles. The molecule has 0 aliphatic rings. The first-order valence-corrected chi connectivity index (χ1v) is 5.09. The molecule has 78 valence electrons. The van der Waals surface area contributed by atoms with Crippen LogP contribution in [0.3, 0.4) is 0 Å². The summed E-state index contributed by atoms with van der Waals surface area (Å²) < 4.78 is 5.18.